The average molecular weight is 588 g/mol. The van der Waals surface area contributed by atoms with Gasteiger partial charge in [0, 0.05) is 22.6 Å². The second kappa shape index (κ2) is 11.0. The van der Waals surface area contributed by atoms with Gasteiger partial charge >= 0.3 is 0 Å². The van der Waals surface area contributed by atoms with E-state index in [-0.39, 0.29) is 22.7 Å². The van der Waals surface area contributed by atoms with Gasteiger partial charge in [0.25, 0.3) is 15.9 Å². The molecule has 9 heteroatoms. The predicted molar refractivity (Wildman–Crippen MR) is 151 cm³/mol. The third-order valence-electron chi connectivity index (χ3n) is 5.69. The SMILES string of the molecule is O=C(NCc1ccccc1)c1cc(Oc2cccc(Br)c2)ccc1NS(=O)(=O)c1cccc2cccnc12. The Kier molecular flexibility index (Phi) is 7.39. The molecule has 0 aliphatic heterocycles. The summed E-state index contributed by atoms with van der Waals surface area (Å²) in [5, 5.41) is 3.55. The van der Waals surface area contributed by atoms with Crippen molar-refractivity contribution in [3.05, 3.63) is 125 Å². The number of amides is 1. The van der Waals surface area contributed by atoms with Crippen LogP contribution < -0.4 is 14.8 Å². The number of pyridine rings is 1. The van der Waals surface area contributed by atoms with Crippen molar-refractivity contribution in [2.24, 2.45) is 0 Å². The lowest BCUT2D eigenvalue weighted by Crippen LogP contribution is -2.25. The molecule has 190 valence electrons. The fourth-order valence-electron chi connectivity index (χ4n) is 3.90. The van der Waals surface area contributed by atoms with Gasteiger partial charge in [-0.2, -0.15) is 0 Å². The van der Waals surface area contributed by atoms with E-state index in [2.05, 4.69) is 31.0 Å². The van der Waals surface area contributed by atoms with Gasteiger partial charge in [-0.25, -0.2) is 8.42 Å². The van der Waals surface area contributed by atoms with E-state index in [4.69, 9.17) is 4.74 Å². The number of benzene rings is 4. The van der Waals surface area contributed by atoms with Crippen LogP contribution in [0, 0.1) is 0 Å². The fraction of sp³-hybridized carbons (Fsp3) is 0.0345. The van der Waals surface area contributed by atoms with Crippen molar-refractivity contribution in [3.8, 4) is 11.5 Å². The summed E-state index contributed by atoms with van der Waals surface area (Å²) in [5.41, 5.74) is 1.48. The van der Waals surface area contributed by atoms with E-state index in [1.54, 1.807) is 42.5 Å². The van der Waals surface area contributed by atoms with Crippen molar-refractivity contribution in [3.63, 3.8) is 0 Å². The molecule has 5 aromatic rings. The fourth-order valence-corrected chi connectivity index (χ4v) is 5.54. The molecule has 5 rings (SSSR count). The Morgan fingerprint density at radius 2 is 1.61 bits per heavy atom. The maximum Gasteiger partial charge on any atom is 0.264 e. The molecule has 0 fully saturated rings. The van der Waals surface area contributed by atoms with E-state index >= 15 is 0 Å². The molecule has 7 nitrogen and oxygen atoms in total. The number of rotatable bonds is 8. The molecule has 0 unspecified atom stereocenters. The van der Waals surface area contributed by atoms with Crippen molar-refractivity contribution in [2.75, 3.05) is 4.72 Å². The predicted octanol–water partition coefficient (Wildman–Crippen LogP) is 6.52. The van der Waals surface area contributed by atoms with Crippen molar-refractivity contribution >= 4 is 48.5 Å². The standard InChI is InChI=1S/C29H22BrN3O4S/c30-22-11-5-12-23(17-22)37-24-14-15-26(25(18-24)29(34)32-19-20-7-2-1-3-8-20)33-38(35,36)27-13-4-9-21-10-6-16-31-28(21)27/h1-18,33H,19H2,(H,32,34). The Labute approximate surface area is 228 Å². The van der Waals surface area contributed by atoms with Crippen LogP contribution in [0.1, 0.15) is 15.9 Å². The number of aromatic nitrogens is 1. The lowest BCUT2D eigenvalue weighted by molar-refractivity contribution is 0.0951. The highest BCUT2D eigenvalue weighted by Crippen LogP contribution is 2.30. The van der Waals surface area contributed by atoms with Crippen LogP contribution in [0.15, 0.2) is 119 Å². The summed E-state index contributed by atoms with van der Waals surface area (Å²) in [6, 6.07) is 29.8. The number of para-hydroxylation sites is 1. The highest BCUT2D eigenvalue weighted by Gasteiger charge is 2.22. The van der Waals surface area contributed by atoms with Crippen LogP contribution in [0.2, 0.25) is 0 Å². The summed E-state index contributed by atoms with van der Waals surface area (Å²) < 4.78 is 36.3. The Balaban J connectivity index is 1.49. The van der Waals surface area contributed by atoms with Crippen molar-refractivity contribution in [2.45, 2.75) is 11.4 Å². The lowest BCUT2D eigenvalue weighted by Gasteiger charge is -2.15. The van der Waals surface area contributed by atoms with Crippen LogP contribution in [0.3, 0.4) is 0 Å². The summed E-state index contributed by atoms with van der Waals surface area (Å²) in [6.45, 7) is 0.274. The van der Waals surface area contributed by atoms with Gasteiger partial charge in [-0.05, 0) is 54.1 Å². The quantitative estimate of drug-likeness (QED) is 0.215. The van der Waals surface area contributed by atoms with E-state index in [1.807, 2.05) is 42.5 Å². The highest BCUT2D eigenvalue weighted by molar-refractivity contribution is 9.10. The highest BCUT2D eigenvalue weighted by atomic mass is 79.9. The number of sulfonamides is 1. The number of nitrogens with one attached hydrogen (secondary N) is 2. The second-order valence-corrected chi connectivity index (χ2v) is 10.9. The van der Waals surface area contributed by atoms with Crippen molar-refractivity contribution < 1.29 is 17.9 Å². The van der Waals surface area contributed by atoms with Crippen molar-refractivity contribution in [1.82, 2.24) is 10.3 Å². The van der Waals surface area contributed by atoms with Gasteiger partial charge in [0.2, 0.25) is 0 Å². The summed E-state index contributed by atoms with van der Waals surface area (Å²) in [7, 11) is -4.08. The second-order valence-electron chi connectivity index (χ2n) is 8.37. The molecule has 0 saturated heterocycles. The van der Waals surface area contributed by atoms with Crippen molar-refractivity contribution in [1.29, 1.82) is 0 Å². The Morgan fingerprint density at radius 3 is 2.42 bits per heavy atom. The monoisotopic (exact) mass is 587 g/mol. The van der Waals surface area contributed by atoms with Crippen LogP contribution >= 0.6 is 15.9 Å². The first-order chi connectivity index (χ1) is 18.4. The van der Waals surface area contributed by atoms with Crippen LogP contribution in [-0.2, 0) is 16.6 Å². The molecule has 4 aromatic carbocycles. The minimum Gasteiger partial charge on any atom is -0.457 e. The molecule has 0 atom stereocenters. The summed E-state index contributed by atoms with van der Waals surface area (Å²) >= 11 is 3.41. The maximum atomic E-state index is 13.5. The summed E-state index contributed by atoms with van der Waals surface area (Å²) in [6.07, 6.45) is 1.54. The average Bonchev–Trinajstić information content (AvgIpc) is 2.92. The molecule has 0 aliphatic rings. The number of carbonyl (C=O) groups excluding carboxylic acids is 1. The maximum absolute atomic E-state index is 13.5. The number of carbonyl (C=O) groups is 1. The summed E-state index contributed by atoms with van der Waals surface area (Å²) in [4.78, 5) is 17.6. The van der Waals surface area contributed by atoms with Gasteiger partial charge in [0.05, 0.1) is 16.8 Å². The van der Waals surface area contributed by atoms with Gasteiger partial charge in [-0.1, -0.05) is 70.5 Å². The molecule has 2 N–H and O–H groups in total. The number of hydrogen-bond acceptors (Lipinski definition) is 5. The Morgan fingerprint density at radius 1 is 0.842 bits per heavy atom. The zero-order valence-corrected chi connectivity index (χ0v) is 22.4. The number of ether oxygens (including phenoxy) is 1. The Hall–Kier alpha value is -4.21. The van der Waals surface area contributed by atoms with E-state index in [0.29, 0.717) is 22.4 Å². The molecule has 0 bridgehead atoms. The first-order valence-electron chi connectivity index (χ1n) is 11.7. The molecular weight excluding hydrogens is 566 g/mol. The molecule has 0 spiro atoms. The van der Waals surface area contributed by atoms with Gasteiger partial charge < -0.3 is 10.1 Å². The molecule has 0 aliphatic carbocycles. The number of hydrogen-bond donors (Lipinski definition) is 2. The molecule has 38 heavy (non-hydrogen) atoms. The van der Waals surface area contributed by atoms with Gasteiger partial charge in [0.15, 0.2) is 0 Å². The number of fused-ring (bicyclic) bond motifs is 1. The van der Waals surface area contributed by atoms with E-state index < -0.39 is 15.9 Å². The van der Waals surface area contributed by atoms with E-state index in [0.717, 1.165) is 10.0 Å². The van der Waals surface area contributed by atoms with E-state index in [1.165, 1.54) is 24.4 Å². The number of halogens is 1. The summed E-state index contributed by atoms with van der Waals surface area (Å²) in [5.74, 6) is 0.482. The molecule has 0 radical (unpaired) electrons. The third-order valence-corrected chi connectivity index (χ3v) is 7.58. The molecule has 1 aromatic heterocycles. The smallest absolute Gasteiger partial charge is 0.264 e. The number of nitrogens with zero attached hydrogens (tertiary/aromatic N) is 1. The molecule has 1 heterocycles. The van der Waals surface area contributed by atoms with Gasteiger partial charge in [-0.3, -0.25) is 14.5 Å². The van der Waals surface area contributed by atoms with Crippen LogP contribution in [0.5, 0.6) is 11.5 Å². The Bertz CT molecular complexity index is 1720. The minimum absolute atomic E-state index is 0.0145. The lowest BCUT2D eigenvalue weighted by atomic mass is 10.1. The van der Waals surface area contributed by atoms with Crippen LogP contribution in [0.4, 0.5) is 5.69 Å². The van der Waals surface area contributed by atoms with E-state index in [9.17, 15) is 13.2 Å². The third kappa shape index (κ3) is 5.85. The zero-order chi connectivity index (χ0) is 26.5. The van der Waals surface area contributed by atoms with Crippen LogP contribution in [-0.4, -0.2) is 19.3 Å². The number of anilines is 1. The molecule has 1 amide bonds. The topological polar surface area (TPSA) is 97.4 Å². The largest absolute Gasteiger partial charge is 0.457 e. The first kappa shape index (κ1) is 25.4. The molecule has 0 saturated carbocycles. The van der Waals surface area contributed by atoms with Gasteiger partial charge in [-0.15, -0.1) is 0 Å². The molecular formula is C29H22BrN3O4S. The minimum atomic E-state index is -4.08. The normalized spacial score (nSPS) is 11.2. The van der Waals surface area contributed by atoms with Crippen LogP contribution in [0.25, 0.3) is 10.9 Å². The first-order valence-corrected chi connectivity index (χ1v) is 13.9. The zero-order valence-electron chi connectivity index (χ0n) is 20.0. The van der Waals surface area contributed by atoms with Gasteiger partial charge in [0.1, 0.15) is 16.4 Å².